The van der Waals surface area contributed by atoms with Gasteiger partial charge in [0.2, 0.25) is 0 Å². The number of rotatable bonds is 37. The summed E-state index contributed by atoms with van der Waals surface area (Å²) in [7, 11) is 0. The molecule has 0 radical (unpaired) electrons. The van der Waals surface area contributed by atoms with Crippen LogP contribution < -0.4 is 11.5 Å². The van der Waals surface area contributed by atoms with Crippen molar-refractivity contribution in [2.24, 2.45) is 11.5 Å². The Balaban J connectivity index is 2.83. The fourth-order valence-electron chi connectivity index (χ4n) is 8.99. The van der Waals surface area contributed by atoms with E-state index in [1.807, 2.05) is 0 Å². The van der Waals surface area contributed by atoms with Crippen LogP contribution in [-0.4, -0.2) is 60.6 Å². The minimum absolute atomic E-state index is 0.284. The highest BCUT2D eigenvalue weighted by molar-refractivity contribution is 5.05. The van der Waals surface area contributed by atoms with Crippen LogP contribution in [0.5, 0.6) is 0 Å². The summed E-state index contributed by atoms with van der Waals surface area (Å²) in [6.45, 7) is 13.0. The monoisotopic (exact) mass is 677 g/mol. The minimum Gasteiger partial charge on any atom is -0.329 e. The highest BCUT2D eigenvalue weighted by atomic mass is 15.3. The van der Waals surface area contributed by atoms with E-state index in [1.54, 1.807) is 0 Å². The van der Waals surface area contributed by atoms with Crippen LogP contribution in [0.15, 0.2) is 0 Å². The molecule has 0 amide bonds. The summed E-state index contributed by atoms with van der Waals surface area (Å²) in [5, 5.41) is 0. The van der Waals surface area contributed by atoms with E-state index in [9.17, 15) is 0 Å². The number of piperazine rings is 1. The molecule has 4 heteroatoms. The van der Waals surface area contributed by atoms with Crippen LogP contribution in [0.2, 0.25) is 0 Å². The zero-order valence-electron chi connectivity index (χ0n) is 33.7. The Morgan fingerprint density at radius 2 is 0.750 bits per heavy atom. The average molecular weight is 677 g/mol. The first-order valence-corrected chi connectivity index (χ1v) is 22.6. The summed E-state index contributed by atoms with van der Waals surface area (Å²) in [5.41, 5.74) is 12.9. The fourth-order valence-corrected chi connectivity index (χ4v) is 8.99. The Morgan fingerprint density at radius 1 is 0.417 bits per heavy atom. The van der Waals surface area contributed by atoms with E-state index < -0.39 is 0 Å². The van der Waals surface area contributed by atoms with Gasteiger partial charge in [0.1, 0.15) is 0 Å². The summed E-state index contributed by atoms with van der Waals surface area (Å²) >= 11 is 0. The van der Waals surface area contributed by atoms with Gasteiger partial charge in [0.05, 0.1) is 0 Å². The molecule has 0 saturated carbocycles. The number of nitrogens with two attached hydrogens (primary N) is 2. The lowest BCUT2D eigenvalue weighted by Crippen LogP contribution is -2.69. The topological polar surface area (TPSA) is 58.5 Å². The van der Waals surface area contributed by atoms with E-state index >= 15 is 0 Å². The molecule has 0 bridgehead atoms. The van der Waals surface area contributed by atoms with Gasteiger partial charge in [-0.05, 0) is 19.3 Å². The van der Waals surface area contributed by atoms with Crippen LogP contribution in [0.4, 0.5) is 0 Å². The van der Waals surface area contributed by atoms with Crippen LogP contribution in [0.3, 0.4) is 0 Å². The molecular formula is C44H92N4. The maximum atomic E-state index is 6.36. The molecule has 1 atom stereocenters. The lowest BCUT2D eigenvalue weighted by molar-refractivity contribution is -0.0680. The fraction of sp³-hybridized carbons (Fsp3) is 1.00. The molecule has 0 aliphatic carbocycles. The van der Waals surface area contributed by atoms with Crippen molar-refractivity contribution in [3.8, 4) is 0 Å². The zero-order chi connectivity index (χ0) is 34.8. The first-order chi connectivity index (χ1) is 23.7. The van der Waals surface area contributed by atoms with Crippen molar-refractivity contribution in [1.29, 1.82) is 0 Å². The Hall–Kier alpha value is -0.160. The summed E-state index contributed by atoms with van der Waals surface area (Å²) in [6.07, 6.45) is 46.7. The molecule has 4 nitrogen and oxygen atoms in total. The van der Waals surface area contributed by atoms with Crippen molar-refractivity contribution in [2.75, 3.05) is 39.3 Å². The SMILES string of the molecule is CCCCCCCCCCCCC1N(CCN)CCN(CCN)C1(CCCCCCCCCCCC)CCCCCCCCCCCC. The Labute approximate surface area is 304 Å². The van der Waals surface area contributed by atoms with Gasteiger partial charge in [-0.1, -0.05) is 213 Å². The van der Waals surface area contributed by atoms with Crippen LogP contribution in [0.25, 0.3) is 0 Å². The number of unbranched alkanes of at least 4 members (excludes halogenated alkanes) is 27. The second kappa shape index (κ2) is 34.0. The lowest BCUT2D eigenvalue weighted by Gasteiger charge is -2.57. The summed E-state index contributed by atoms with van der Waals surface area (Å²) in [5.74, 6) is 0. The van der Waals surface area contributed by atoms with Gasteiger partial charge in [0, 0.05) is 50.8 Å². The number of hydrogen-bond acceptors (Lipinski definition) is 4. The van der Waals surface area contributed by atoms with Crippen molar-refractivity contribution in [3.63, 3.8) is 0 Å². The highest BCUT2D eigenvalue weighted by Crippen LogP contribution is 2.40. The van der Waals surface area contributed by atoms with Crippen molar-refractivity contribution in [1.82, 2.24) is 9.80 Å². The molecule has 1 aliphatic rings. The molecule has 288 valence electrons. The van der Waals surface area contributed by atoms with Gasteiger partial charge >= 0.3 is 0 Å². The first kappa shape index (κ1) is 45.9. The largest absolute Gasteiger partial charge is 0.329 e. The predicted molar refractivity (Wildman–Crippen MR) is 217 cm³/mol. The van der Waals surface area contributed by atoms with Crippen molar-refractivity contribution in [2.45, 2.75) is 244 Å². The zero-order valence-corrected chi connectivity index (χ0v) is 33.7. The standard InChI is InChI=1S/C44H92N4/c1-4-7-10-13-16-19-22-25-28-31-34-43-44(48(40-38-46)42-41-47(43)39-37-45,35-32-29-26-23-20-17-14-11-8-5-2)36-33-30-27-24-21-18-15-12-9-6-3/h43H,4-42,45-46H2,1-3H3. The summed E-state index contributed by atoms with van der Waals surface area (Å²) in [6, 6.07) is 0.646. The third-order valence-electron chi connectivity index (χ3n) is 11.9. The van der Waals surface area contributed by atoms with Gasteiger partial charge in [0.15, 0.2) is 0 Å². The van der Waals surface area contributed by atoms with E-state index in [2.05, 4.69) is 30.6 Å². The van der Waals surface area contributed by atoms with E-state index in [-0.39, 0.29) is 5.54 Å². The van der Waals surface area contributed by atoms with Gasteiger partial charge in [-0.2, -0.15) is 0 Å². The maximum absolute atomic E-state index is 6.36. The molecule has 1 aliphatic heterocycles. The summed E-state index contributed by atoms with van der Waals surface area (Å²) < 4.78 is 0. The molecular weight excluding hydrogens is 585 g/mol. The van der Waals surface area contributed by atoms with Gasteiger partial charge in [-0.3, -0.25) is 9.80 Å². The lowest BCUT2D eigenvalue weighted by atomic mass is 9.74. The third-order valence-corrected chi connectivity index (χ3v) is 11.9. The van der Waals surface area contributed by atoms with Crippen LogP contribution >= 0.6 is 0 Å². The van der Waals surface area contributed by atoms with Gasteiger partial charge in [-0.25, -0.2) is 0 Å². The number of nitrogens with zero attached hydrogens (tertiary/aromatic N) is 2. The molecule has 1 rings (SSSR count). The molecule has 1 unspecified atom stereocenters. The molecule has 0 aromatic carbocycles. The Kier molecular flexibility index (Phi) is 32.4. The third kappa shape index (κ3) is 21.9. The van der Waals surface area contributed by atoms with Crippen LogP contribution in [0.1, 0.15) is 233 Å². The van der Waals surface area contributed by atoms with Gasteiger partial charge in [-0.15, -0.1) is 0 Å². The normalized spacial score (nSPS) is 17.1. The van der Waals surface area contributed by atoms with Gasteiger partial charge < -0.3 is 11.5 Å². The first-order valence-electron chi connectivity index (χ1n) is 22.6. The van der Waals surface area contributed by atoms with Crippen molar-refractivity contribution >= 4 is 0 Å². The summed E-state index contributed by atoms with van der Waals surface area (Å²) in [4.78, 5) is 5.77. The molecule has 1 saturated heterocycles. The van der Waals surface area contributed by atoms with E-state index in [0.717, 1.165) is 26.2 Å². The molecule has 0 aromatic rings. The highest BCUT2D eigenvalue weighted by Gasteiger charge is 2.47. The molecule has 1 fully saturated rings. The van der Waals surface area contributed by atoms with Crippen molar-refractivity contribution < 1.29 is 0 Å². The van der Waals surface area contributed by atoms with E-state index in [0.29, 0.717) is 6.04 Å². The molecule has 48 heavy (non-hydrogen) atoms. The number of hydrogen-bond donors (Lipinski definition) is 2. The van der Waals surface area contributed by atoms with Crippen molar-refractivity contribution in [3.05, 3.63) is 0 Å². The quantitative estimate of drug-likeness (QED) is 0.0643. The maximum Gasteiger partial charge on any atom is 0.0365 e. The second-order valence-electron chi connectivity index (χ2n) is 16.1. The van der Waals surface area contributed by atoms with Gasteiger partial charge in [0.25, 0.3) is 0 Å². The molecule has 0 spiro atoms. The average Bonchev–Trinajstić information content (AvgIpc) is 3.09. The Bertz CT molecular complexity index is 615. The minimum atomic E-state index is 0.284. The van der Waals surface area contributed by atoms with E-state index in [4.69, 9.17) is 11.5 Å². The smallest absolute Gasteiger partial charge is 0.0365 e. The van der Waals surface area contributed by atoms with E-state index in [1.165, 1.54) is 225 Å². The Morgan fingerprint density at radius 3 is 1.10 bits per heavy atom. The molecule has 4 N–H and O–H groups in total. The van der Waals surface area contributed by atoms with Crippen LogP contribution in [0, 0.1) is 0 Å². The van der Waals surface area contributed by atoms with Crippen LogP contribution in [-0.2, 0) is 0 Å². The molecule has 0 aromatic heterocycles. The second-order valence-corrected chi connectivity index (χ2v) is 16.1. The predicted octanol–water partition coefficient (Wildman–Crippen LogP) is 12.6. The molecule has 1 heterocycles.